The minimum absolute atomic E-state index is 0.0106. The van der Waals surface area contributed by atoms with Gasteiger partial charge in [0.15, 0.2) is 0 Å². The van der Waals surface area contributed by atoms with Gasteiger partial charge in [-0.05, 0) is 45.6 Å². The van der Waals surface area contributed by atoms with Gasteiger partial charge in [0.05, 0.1) is 7.11 Å². The van der Waals surface area contributed by atoms with Crippen LogP contribution in [0.3, 0.4) is 0 Å². The molecule has 9 heteroatoms. The largest absolute Gasteiger partial charge is 0.467 e. The fraction of sp³-hybridized carbons (Fsp3) is 0.583. The summed E-state index contributed by atoms with van der Waals surface area (Å²) in [4.78, 5) is 47.7. The first-order chi connectivity index (χ1) is 15.6. The van der Waals surface area contributed by atoms with Crippen molar-refractivity contribution in [1.29, 1.82) is 0 Å². The third-order valence-corrected chi connectivity index (χ3v) is 4.44. The molecule has 0 aliphatic rings. The quantitative estimate of drug-likeness (QED) is 0.261. The molecule has 0 bridgehead atoms. The number of ether oxygens (including phenoxy) is 3. The second-order valence-electron chi connectivity index (χ2n) is 8.57. The summed E-state index contributed by atoms with van der Waals surface area (Å²) in [5.41, 5.74) is 0.296. The summed E-state index contributed by atoms with van der Waals surface area (Å²) in [7, 11) is 1.23. The van der Waals surface area contributed by atoms with Gasteiger partial charge in [-0.15, -0.1) is 0 Å². The molecule has 184 valence electrons. The Morgan fingerprint density at radius 1 is 0.970 bits per heavy atom. The molecule has 0 saturated carbocycles. The smallest absolute Gasteiger partial charge is 0.407 e. The van der Waals surface area contributed by atoms with E-state index in [-0.39, 0.29) is 31.8 Å². The van der Waals surface area contributed by atoms with E-state index in [1.807, 2.05) is 30.3 Å². The number of rotatable bonds is 13. The number of hydrogen-bond donors (Lipinski definition) is 2. The molecule has 1 atom stereocenters. The molecular weight excluding hydrogens is 428 g/mol. The number of carbonyl (C=O) groups is 4. The van der Waals surface area contributed by atoms with Crippen molar-refractivity contribution >= 4 is 23.9 Å². The Morgan fingerprint density at radius 2 is 1.67 bits per heavy atom. The van der Waals surface area contributed by atoms with E-state index in [9.17, 15) is 19.2 Å². The fourth-order valence-electron chi connectivity index (χ4n) is 2.86. The van der Waals surface area contributed by atoms with Gasteiger partial charge in [-0.3, -0.25) is 9.59 Å². The van der Waals surface area contributed by atoms with Crippen molar-refractivity contribution in [2.75, 3.05) is 13.7 Å². The van der Waals surface area contributed by atoms with E-state index < -0.39 is 29.7 Å². The Labute approximate surface area is 195 Å². The maximum atomic E-state index is 12.2. The highest BCUT2D eigenvalue weighted by molar-refractivity contribution is 5.84. The molecule has 0 spiro atoms. The lowest BCUT2D eigenvalue weighted by atomic mass is 10.1. The number of benzene rings is 1. The van der Waals surface area contributed by atoms with E-state index in [0.717, 1.165) is 5.56 Å². The molecule has 33 heavy (non-hydrogen) atoms. The number of carbonyl (C=O) groups excluding carboxylic acids is 4. The Hall–Kier alpha value is -3.10. The van der Waals surface area contributed by atoms with Gasteiger partial charge in [0.25, 0.3) is 0 Å². The van der Waals surface area contributed by atoms with Crippen LogP contribution in [0.2, 0.25) is 0 Å². The number of amides is 2. The van der Waals surface area contributed by atoms with Gasteiger partial charge in [0.2, 0.25) is 5.91 Å². The van der Waals surface area contributed by atoms with E-state index in [1.54, 1.807) is 20.8 Å². The summed E-state index contributed by atoms with van der Waals surface area (Å²) in [6.45, 7) is 5.92. The number of alkyl carbamates (subject to hydrolysis) is 1. The Kier molecular flexibility index (Phi) is 12.6. The highest BCUT2D eigenvalue weighted by Crippen LogP contribution is 2.11. The van der Waals surface area contributed by atoms with Crippen molar-refractivity contribution < 1.29 is 33.4 Å². The highest BCUT2D eigenvalue weighted by atomic mass is 16.6. The second kappa shape index (κ2) is 14.9. The van der Waals surface area contributed by atoms with Crippen LogP contribution in [0.25, 0.3) is 0 Å². The van der Waals surface area contributed by atoms with E-state index in [4.69, 9.17) is 14.2 Å². The Bertz CT molecular complexity index is 760. The lowest BCUT2D eigenvalue weighted by molar-refractivity contribution is -0.155. The van der Waals surface area contributed by atoms with Crippen molar-refractivity contribution in [1.82, 2.24) is 10.6 Å². The molecule has 1 aromatic rings. The molecule has 0 heterocycles. The van der Waals surface area contributed by atoms with Crippen LogP contribution >= 0.6 is 0 Å². The fourth-order valence-corrected chi connectivity index (χ4v) is 2.86. The van der Waals surface area contributed by atoms with Crippen molar-refractivity contribution in [3.8, 4) is 0 Å². The van der Waals surface area contributed by atoms with E-state index in [0.29, 0.717) is 25.8 Å². The maximum absolute atomic E-state index is 12.2. The number of esters is 2. The first kappa shape index (κ1) is 27.9. The summed E-state index contributed by atoms with van der Waals surface area (Å²) >= 11 is 0. The van der Waals surface area contributed by atoms with E-state index >= 15 is 0 Å². The molecule has 0 aliphatic carbocycles. The number of methoxy groups -OCH3 is 1. The van der Waals surface area contributed by atoms with Gasteiger partial charge < -0.3 is 24.8 Å². The van der Waals surface area contributed by atoms with E-state index in [2.05, 4.69) is 10.6 Å². The lowest BCUT2D eigenvalue weighted by Gasteiger charge is -2.21. The molecular formula is C24H36N2O7. The molecule has 2 amide bonds. The Morgan fingerprint density at radius 3 is 2.30 bits per heavy atom. The molecule has 9 nitrogen and oxygen atoms in total. The van der Waals surface area contributed by atoms with Gasteiger partial charge in [-0.1, -0.05) is 36.8 Å². The summed E-state index contributed by atoms with van der Waals surface area (Å²) in [5, 5.41) is 5.29. The van der Waals surface area contributed by atoms with Crippen LogP contribution in [0.5, 0.6) is 0 Å². The van der Waals surface area contributed by atoms with Crippen LogP contribution in [0.15, 0.2) is 30.3 Å². The molecule has 0 fully saturated rings. The maximum Gasteiger partial charge on any atom is 0.407 e. The molecule has 1 aromatic carbocycles. The van der Waals surface area contributed by atoms with Crippen LogP contribution in [0.1, 0.15) is 64.9 Å². The first-order valence-electron chi connectivity index (χ1n) is 11.1. The highest BCUT2D eigenvalue weighted by Gasteiger charge is 2.24. The third kappa shape index (κ3) is 13.8. The average molecular weight is 465 g/mol. The summed E-state index contributed by atoms with van der Waals surface area (Å²) in [6, 6.07) is 8.49. The zero-order valence-electron chi connectivity index (χ0n) is 20.0. The molecule has 0 saturated heterocycles. The summed E-state index contributed by atoms with van der Waals surface area (Å²) in [6.07, 6.45) is 1.82. The molecule has 1 rings (SSSR count). The normalized spacial score (nSPS) is 11.8. The molecule has 0 radical (unpaired) electrons. The van der Waals surface area contributed by atoms with Crippen molar-refractivity contribution in [3.63, 3.8) is 0 Å². The zero-order chi connectivity index (χ0) is 24.7. The molecule has 0 unspecified atom stereocenters. The zero-order valence-corrected chi connectivity index (χ0v) is 20.0. The minimum atomic E-state index is -0.906. The minimum Gasteiger partial charge on any atom is -0.467 e. The second-order valence-corrected chi connectivity index (χ2v) is 8.57. The van der Waals surface area contributed by atoms with Gasteiger partial charge in [0, 0.05) is 19.4 Å². The van der Waals surface area contributed by atoms with Crippen LogP contribution in [0.4, 0.5) is 4.79 Å². The van der Waals surface area contributed by atoms with Gasteiger partial charge in [-0.25, -0.2) is 9.59 Å². The van der Waals surface area contributed by atoms with E-state index in [1.165, 1.54) is 7.11 Å². The van der Waals surface area contributed by atoms with Crippen molar-refractivity contribution in [2.45, 2.75) is 77.5 Å². The third-order valence-electron chi connectivity index (χ3n) is 4.44. The van der Waals surface area contributed by atoms with Crippen molar-refractivity contribution in [2.24, 2.45) is 0 Å². The SMILES string of the molecule is COC(=O)[C@@H](CCC(=O)OC(C)(C)C)NC(=O)CCCCCNC(=O)OCc1ccccc1. The van der Waals surface area contributed by atoms with Crippen LogP contribution < -0.4 is 10.6 Å². The van der Waals surface area contributed by atoms with Crippen LogP contribution in [-0.2, 0) is 35.2 Å². The predicted molar refractivity (Wildman–Crippen MR) is 122 cm³/mol. The average Bonchev–Trinajstić information content (AvgIpc) is 2.76. The Balaban J connectivity index is 2.21. The number of hydrogen-bond acceptors (Lipinski definition) is 7. The van der Waals surface area contributed by atoms with Crippen LogP contribution in [0, 0.1) is 0 Å². The topological polar surface area (TPSA) is 120 Å². The molecule has 2 N–H and O–H groups in total. The van der Waals surface area contributed by atoms with Crippen LogP contribution in [-0.4, -0.2) is 49.2 Å². The summed E-state index contributed by atoms with van der Waals surface area (Å²) < 4.78 is 15.1. The molecule has 0 aromatic heterocycles. The predicted octanol–water partition coefficient (Wildman–Crippen LogP) is 3.25. The molecule has 0 aliphatic heterocycles. The van der Waals surface area contributed by atoms with Crippen molar-refractivity contribution in [3.05, 3.63) is 35.9 Å². The van der Waals surface area contributed by atoms with Gasteiger partial charge in [0.1, 0.15) is 18.2 Å². The lowest BCUT2D eigenvalue weighted by Crippen LogP contribution is -2.42. The van der Waals surface area contributed by atoms with Gasteiger partial charge >= 0.3 is 18.0 Å². The number of nitrogens with one attached hydrogen (secondary N) is 2. The summed E-state index contributed by atoms with van der Waals surface area (Å²) in [5.74, 6) is -1.35. The standard InChI is InChI=1S/C24H36N2O7/c1-24(2,3)33-21(28)15-14-19(22(29)31-4)26-20(27)13-9-6-10-16-25-23(30)32-17-18-11-7-5-8-12-18/h5,7-8,11-12,19H,6,9-10,13-17H2,1-4H3,(H,25,30)(H,26,27)/t19-/m1/s1. The first-order valence-corrected chi connectivity index (χ1v) is 11.1. The van der Waals surface area contributed by atoms with Gasteiger partial charge in [-0.2, -0.15) is 0 Å². The number of unbranched alkanes of at least 4 members (excludes halogenated alkanes) is 2. The monoisotopic (exact) mass is 464 g/mol.